The lowest BCUT2D eigenvalue weighted by Crippen LogP contribution is -2.55. The van der Waals surface area contributed by atoms with Crippen molar-refractivity contribution in [3.63, 3.8) is 0 Å². The van der Waals surface area contributed by atoms with E-state index in [-0.39, 0.29) is 24.0 Å². The molecule has 6 atom stereocenters. The third kappa shape index (κ3) is 3.84. The van der Waals surface area contributed by atoms with E-state index in [9.17, 15) is 4.79 Å². The molecule has 3 aliphatic rings. The van der Waals surface area contributed by atoms with Gasteiger partial charge in [-0.2, -0.15) is 0 Å². The molecule has 6 rings (SSSR count). The molecule has 3 aromatic rings. The lowest BCUT2D eigenvalue weighted by molar-refractivity contribution is -0.158. The van der Waals surface area contributed by atoms with Crippen LogP contribution < -0.4 is 0 Å². The fourth-order valence-electron chi connectivity index (χ4n) is 5.51. The third-order valence-corrected chi connectivity index (χ3v) is 7.39. The number of hydrogen-bond acceptors (Lipinski definition) is 4. The number of piperidine rings is 3. The molecule has 4 heteroatoms. The zero-order valence-corrected chi connectivity index (χ0v) is 18.6. The molecule has 2 aromatic carbocycles. The molecule has 164 valence electrons. The van der Waals surface area contributed by atoms with E-state index in [4.69, 9.17) is 4.74 Å². The quantitative estimate of drug-likeness (QED) is 0.384. The van der Waals surface area contributed by atoms with Gasteiger partial charge in [0.15, 0.2) is 0 Å². The van der Waals surface area contributed by atoms with Crippen LogP contribution in [-0.2, 0) is 9.53 Å². The van der Waals surface area contributed by atoms with Crippen molar-refractivity contribution >= 4 is 16.9 Å². The number of benzene rings is 2. The summed E-state index contributed by atoms with van der Waals surface area (Å²) in [4.78, 5) is 20.4. The largest absolute Gasteiger partial charge is 0.455 e. The molecule has 1 aromatic heterocycles. The number of hydrogen-bond donors (Lipinski definition) is 0. The van der Waals surface area contributed by atoms with E-state index in [0.29, 0.717) is 11.8 Å². The predicted octanol–water partition coefficient (Wildman–Crippen LogP) is 5.52. The number of carbonyl (C=O) groups is 1. The second-order valence-corrected chi connectivity index (χ2v) is 9.15. The van der Waals surface area contributed by atoms with Crippen LogP contribution in [0.2, 0.25) is 0 Å². The number of fused-ring (bicyclic) bond motifs is 4. The van der Waals surface area contributed by atoms with E-state index in [1.807, 2.05) is 67.7 Å². The lowest BCUT2D eigenvalue weighted by Gasteiger charge is -2.51. The molecule has 4 nitrogen and oxygen atoms in total. The van der Waals surface area contributed by atoms with Crippen molar-refractivity contribution in [1.82, 2.24) is 9.88 Å². The van der Waals surface area contributed by atoms with Gasteiger partial charge in [-0.3, -0.25) is 14.7 Å². The third-order valence-electron chi connectivity index (χ3n) is 7.39. The van der Waals surface area contributed by atoms with E-state index in [2.05, 4.69) is 28.6 Å². The standard InChI is InChI=1S/C28H30N2O2/c1-3-20-18-30-16-14-22(20)17-26(30)27(24-13-15-29-25-12-8-7-11-23(24)25)32-28(31)19(2)21-9-5-4-6-10-21/h3-13,15,19-20,22,26-27H,1,14,16-18H2,2H3/t19?,20-,22-,26+,27-/m0/s1. The first-order valence-corrected chi connectivity index (χ1v) is 11.6. The van der Waals surface area contributed by atoms with Crippen LogP contribution in [0.3, 0.4) is 0 Å². The molecule has 4 heterocycles. The molecule has 3 fully saturated rings. The minimum absolute atomic E-state index is 0.169. The minimum Gasteiger partial charge on any atom is -0.455 e. The molecular formula is C28H30N2O2. The Kier molecular flexibility index (Phi) is 5.79. The maximum absolute atomic E-state index is 13.4. The molecule has 0 radical (unpaired) electrons. The van der Waals surface area contributed by atoms with Gasteiger partial charge in [0.05, 0.1) is 17.5 Å². The number of para-hydroxylation sites is 1. The van der Waals surface area contributed by atoms with Gasteiger partial charge in [-0.1, -0.05) is 54.6 Å². The summed E-state index contributed by atoms with van der Waals surface area (Å²) in [5, 5.41) is 1.06. The number of nitrogens with zero attached hydrogens (tertiary/aromatic N) is 2. The van der Waals surface area contributed by atoms with Crippen LogP contribution in [0.1, 0.15) is 42.9 Å². The number of aromatic nitrogens is 1. The van der Waals surface area contributed by atoms with Crippen molar-refractivity contribution in [2.75, 3.05) is 13.1 Å². The molecular weight excluding hydrogens is 396 g/mol. The van der Waals surface area contributed by atoms with Crippen LogP contribution >= 0.6 is 0 Å². The molecule has 2 bridgehead atoms. The van der Waals surface area contributed by atoms with Crippen molar-refractivity contribution in [2.24, 2.45) is 11.8 Å². The maximum atomic E-state index is 13.4. The summed E-state index contributed by atoms with van der Waals surface area (Å²) in [6.45, 7) is 8.02. The Hall–Kier alpha value is -2.98. The van der Waals surface area contributed by atoms with E-state index in [1.165, 1.54) is 6.42 Å². The van der Waals surface area contributed by atoms with Gasteiger partial charge in [0, 0.05) is 23.7 Å². The number of carbonyl (C=O) groups excluding carboxylic acids is 1. The zero-order valence-electron chi connectivity index (χ0n) is 18.6. The van der Waals surface area contributed by atoms with Gasteiger partial charge in [0.2, 0.25) is 0 Å². The van der Waals surface area contributed by atoms with Crippen molar-refractivity contribution < 1.29 is 9.53 Å². The van der Waals surface area contributed by atoms with Crippen LogP contribution in [0.4, 0.5) is 0 Å². The number of esters is 1. The highest BCUT2D eigenvalue weighted by molar-refractivity contribution is 5.83. The monoisotopic (exact) mass is 426 g/mol. The van der Waals surface area contributed by atoms with Crippen LogP contribution in [0.5, 0.6) is 0 Å². The van der Waals surface area contributed by atoms with Crippen molar-refractivity contribution in [2.45, 2.75) is 37.8 Å². The fourth-order valence-corrected chi connectivity index (χ4v) is 5.51. The number of rotatable bonds is 6. The summed E-state index contributed by atoms with van der Waals surface area (Å²) in [6, 6.07) is 20.2. The van der Waals surface area contributed by atoms with Gasteiger partial charge in [0.25, 0.3) is 0 Å². The minimum atomic E-state index is -0.324. The fraction of sp³-hybridized carbons (Fsp3) is 0.357. The Morgan fingerprint density at radius 3 is 2.69 bits per heavy atom. The normalized spacial score (nSPS) is 26.4. The molecule has 32 heavy (non-hydrogen) atoms. The van der Waals surface area contributed by atoms with E-state index in [0.717, 1.165) is 41.5 Å². The Bertz CT molecular complexity index is 1110. The van der Waals surface area contributed by atoms with Gasteiger partial charge >= 0.3 is 5.97 Å². The Morgan fingerprint density at radius 2 is 1.94 bits per heavy atom. The van der Waals surface area contributed by atoms with Crippen molar-refractivity contribution in [1.29, 1.82) is 0 Å². The Balaban J connectivity index is 1.51. The van der Waals surface area contributed by atoms with Crippen molar-refractivity contribution in [3.8, 4) is 0 Å². The summed E-state index contributed by atoms with van der Waals surface area (Å²) in [7, 11) is 0. The van der Waals surface area contributed by atoms with Crippen LogP contribution in [0.15, 0.2) is 79.5 Å². The topological polar surface area (TPSA) is 42.4 Å². The average Bonchev–Trinajstić information content (AvgIpc) is 2.87. The van der Waals surface area contributed by atoms with Crippen LogP contribution in [0, 0.1) is 11.8 Å². The van der Waals surface area contributed by atoms with E-state index in [1.54, 1.807) is 0 Å². The van der Waals surface area contributed by atoms with Gasteiger partial charge in [-0.25, -0.2) is 0 Å². The number of ether oxygens (including phenoxy) is 1. The SMILES string of the molecule is C=C[C@H]1CN2CC[C@H]1C[C@@H]2[C@@H](OC(=O)C(C)c1ccccc1)c1ccnc2ccccc12. The van der Waals surface area contributed by atoms with Gasteiger partial charge < -0.3 is 4.74 Å². The zero-order chi connectivity index (χ0) is 22.1. The highest BCUT2D eigenvalue weighted by Gasteiger charge is 2.44. The summed E-state index contributed by atoms with van der Waals surface area (Å²) in [5.74, 6) is 0.630. The summed E-state index contributed by atoms with van der Waals surface area (Å²) < 4.78 is 6.39. The highest BCUT2D eigenvalue weighted by Crippen LogP contribution is 2.43. The molecule has 0 amide bonds. The first kappa shape index (κ1) is 20.9. The molecule has 0 saturated carbocycles. The molecule has 0 aliphatic carbocycles. The summed E-state index contributed by atoms with van der Waals surface area (Å²) in [5.41, 5.74) is 2.96. The van der Waals surface area contributed by atoms with Gasteiger partial charge in [-0.15, -0.1) is 6.58 Å². The predicted molar refractivity (Wildman–Crippen MR) is 127 cm³/mol. The van der Waals surface area contributed by atoms with Crippen LogP contribution in [0.25, 0.3) is 10.9 Å². The van der Waals surface area contributed by atoms with E-state index < -0.39 is 0 Å². The Morgan fingerprint density at radius 1 is 1.16 bits per heavy atom. The molecule has 3 saturated heterocycles. The van der Waals surface area contributed by atoms with Gasteiger partial charge in [-0.05, 0) is 55.8 Å². The molecule has 3 aliphatic heterocycles. The first-order chi connectivity index (χ1) is 15.7. The summed E-state index contributed by atoms with van der Waals surface area (Å²) >= 11 is 0. The lowest BCUT2D eigenvalue weighted by atomic mass is 9.73. The second-order valence-electron chi connectivity index (χ2n) is 9.15. The first-order valence-electron chi connectivity index (χ1n) is 11.6. The molecule has 0 spiro atoms. The highest BCUT2D eigenvalue weighted by atomic mass is 16.5. The number of pyridine rings is 1. The second kappa shape index (κ2) is 8.87. The maximum Gasteiger partial charge on any atom is 0.313 e. The summed E-state index contributed by atoms with van der Waals surface area (Å²) in [6.07, 6.45) is 5.82. The van der Waals surface area contributed by atoms with Crippen molar-refractivity contribution in [3.05, 3.63) is 90.6 Å². The molecule has 2 unspecified atom stereocenters. The Labute approximate surface area is 189 Å². The average molecular weight is 427 g/mol. The van der Waals surface area contributed by atoms with Gasteiger partial charge in [0.1, 0.15) is 6.10 Å². The van der Waals surface area contributed by atoms with Crippen LogP contribution in [-0.4, -0.2) is 35.0 Å². The van der Waals surface area contributed by atoms with E-state index >= 15 is 0 Å². The smallest absolute Gasteiger partial charge is 0.313 e. The molecule has 0 N–H and O–H groups in total.